The predicted octanol–water partition coefficient (Wildman–Crippen LogP) is 1.68. The highest BCUT2D eigenvalue weighted by atomic mass is 32.2. The van der Waals surface area contributed by atoms with E-state index in [1.54, 1.807) is 25.6 Å². The van der Waals surface area contributed by atoms with Crippen LogP contribution in [0, 0.1) is 5.92 Å². The lowest BCUT2D eigenvalue weighted by Gasteiger charge is -2.22. The Bertz CT molecular complexity index is 312. The summed E-state index contributed by atoms with van der Waals surface area (Å²) in [5.74, 6) is -1.48. The molecular formula is C12H22N2O3S. The molecule has 4 atom stereocenters. The molecule has 1 fully saturated rings. The molecule has 1 aliphatic rings. The average Bonchev–Trinajstić information content (AvgIpc) is 2.74. The molecule has 0 aliphatic heterocycles. The zero-order valence-electron chi connectivity index (χ0n) is 11.1. The molecule has 3 N–H and O–H groups in total. The second-order valence-electron chi connectivity index (χ2n) is 4.84. The molecule has 0 radical (unpaired) electrons. The molecule has 0 aromatic heterocycles. The van der Waals surface area contributed by atoms with E-state index in [1.165, 1.54) is 0 Å². The van der Waals surface area contributed by atoms with E-state index in [4.69, 9.17) is 5.11 Å². The zero-order valence-corrected chi connectivity index (χ0v) is 11.9. The summed E-state index contributed by atoms with van der Waals surface area (Å²) in [5.41, 5.74) is 0. The van der Waals surface area contributed by atoms with Crippen LogP contribution in [0.1, 0.15) is 33.1 Å². The number of nitrogens with one attached hydrogen (secondary N) is 2. The van der Waals surface area contributed by atoms with Gasteiger partial charge >= 0.3 is 12.0 Å². The van der Waals surface area contributed by atoms with Gasteiger partial charge in [0, 0.05) is 17.3 Å². The number of carboxylic acids is 1. The summed E-state index contributed by atoms with van der Waals surface area (Å²) in [7, 11) is 0. The van der Waals surface area contributed by atoms with Crippen molar-refractivity contribution in [2.45, 2.75) is 50.4 Å². The van der Waals surface area contributed by atoms with Crippen LogP contribution in [0.5, 0.6) is 0 Å². The number of rotatable bonds is 5. The summed E-state index contributed by atoms with van der Waals surface area (Å²) in [5, 5.41) is 15.0. The van der Waals surface area contributed by atoms with E-state index in [2.05, 4.69) is 16.9 Å². The number of carbonyl (C=O) groups excluding carboxylic acids is 1. The van der Waals surface area contributed by atoms with Gasteiger partial charge in [-0.05, 0) is 32.9 Å². The van der Waals surface area contributed by atoms with E-state index >= 15 is 0 Å². The molecule has 2 amide bonds. The Morgan fingerprint density at radius 1 is 1.33 bits per heavy atom. The van der Waals surface area contributed by atoms with Gasteiger partial charge in [0.05, 0.1) is 5.92 Å². The van der Waals surface area contributed by atoms with Crippen molar-refractivity contribution in [2.75, 3.05) is 6.26 Å². The molecular weight excluding hydrogens is 252 g/mol. The van der Waals surface area contributed by atoms with Crippen LogP contribution in [0.3, 0.4) is 0 Å². The molecule has 1 rings (SSSR count). The van der Waals surface area contributed by atoms with Gasteiger partial charge in [0.25, 0.3) is 0 Å². The first-order valence-corrected chi connectivity index (χ1v) is 7.57. The molecule has 0 spiro atoms. The third-order valence-corrected chi connectivity index (χ3v) is 4.74. The lowest BCUT2D eigenvalue weighted by molar-refractivity contribution is -0.141. The maximum Gasteiger partial charge on any atom is 0.315 e. The summed E-state index contributed by atoms with van der Waals surface area (Å²) in [6.07, 6.45) is 5.32. The Morgan fingerprint density at radius 3 is 2.56 bits per heavy atom. The van der Waals surface area contributed by atoms with E-state index in [0.29, 0.717) is 5.25 Å². The van der Waals surface area contributed by atoms with Crippen molar-refractivity contribution in [3.05, 3.63) is 0 Å². The number of urea groups is 1. The Kier molecular flexibility index (Phi) is 5.78. The van der Waals surface area contributed by atoms with Gasteiger partial charge in [0.1, 0.15) is 0 Å². The number of carboxylic acid groups (broad SMARTS) is 1. The topological polar surface area (TPSA) is 78.4 Å². The first-order chi connectivity index (χ1) is 8.45. The third-order valence-electron chi connectivity index (χ3n) is 3.57. The molecule has 0 saturated heterocycles. The largest absolute Gasteiger partial charge is 0.481 e. The Labute approximate surface area is 112 Å². The number of hydrogen-bond donors (Lipinski definition) is 3. The lowest BCUT2D eigenvalue weighted by Crippen LogP contribution is -2.49. The fourth-order valence-electron chi connectivity index (χ4n) is 2.13. The van der Waals surface area contributed by atoms with Crippen LogP contribution in [0.25, 0.3) is 0 Å². The summed E-state index contributed by atoms with van der Waals surface area (Å²) < 4.78 is 0. The second kappa shape index (κ2) is 6.87. The predicted molar refractivity (Wildman–Crippen MR) is 72.9 cm³/mol. The van der Waals surface area contributed by atoms with Crippen molar-refractivity contribution in [1.82, 2.24) is 10.6 Å². The van der Waals surface area contributed by atoms with E-state index in [0.717, 1.165) is 19.3 Å². The number of aliphatic carboxylic acids is 1. The highest BCUT2D eigenvalue weighted by molar-refractivity contribution is 7.99. The van der Waals surface area contributed by atoms with Crippen LogP contribution in [0.2, 0.25) is 0 Å². The maximum absolute atomic E-state index is 11.8. The quantitative estimate of drug-likeness (QED) is 0.712. The van der Waals surface area contributed by atoms with Crippen LogP contribution >= 0.6 is 11.8 Å². The van der Waals surface area contributed by atoms with Gasteiger partial charge in [-0.2, -0.15) is 11.8 Å². The van der Waals surface area contributed by atoms with E-state index in [9.17, 15) is 9.59 Å². The SMILES string of the molecule is CSC1CCCC1NC(=O)NC(C)C(C)C(=O)O. The lowest BCUT2D eigenvalue weighted by atomic mass is 10.0. The van der Waals surface area contributed by atoms with Crippen molar-refractivity contribution in [2.24, 2.45) is 5.92 Å². The summed E-state index contributed by atoms with van der Waals surface area (Å²) in [4.78, 5) is 22.6. The van der Waals surface area contributed by atoms with Crippen LogP contribution in [0.4, 0.5) is 4.79 Å². The van der Waals surface area contributed by atoms with Gasteiger partial charge in [-0.1, -0.05) is 6.42 Å². The van der Waals surface area contributed by atoms with Gasteiger partial charge in [-0.3, -0.25) is 4.79 Å². The highest BCUT2D eigenvalue weighted by Crippen LogP contribution is 2.28. The van der Waals surface area contributed by atoms with Crippen molar-refractivity contribution >= 4 is 23.8 Å². The van der Waals surface area contributed by atoms with Gasteiger partial charge < -0.3 is 15.7 Å². The molecule has 1 aliphatic carbocycles. The van der Waals surface area contributed by atoms with Crippen molar-refractivity contribution < 1.29 is 14.7 Å². The minimum absolute atomic E-state index is 0.201. The van der Waals surface area contributed by atoms with Crippen LogP contribution in [-0.4, -0.2) is 40.7 Å². The zero-order chi connectivity index (χ0) is 13.7. The van der Waals surface area contributed by atoms with E-state index < -0.39 is 11.9 Å². The van der Waals surface area contributed by atoms with Crippen LogP contribution < -0.4 is 10.6 Å². The molecule has 104 valence electrons. The summed E-state index contributed by atoms with van der Waals surface area (Å²) >= 11 is 1.78. The number of hydrogen-bond acceptors (Lipinski definition) is 3. The summed E-state index contributed by atoms with van der Waals surface area (Å²) in [6, 6.07) is -0.439. The van der Waals surface area contributed by atoms with Crippen LogP contribution in [0.15, 0.2) is 0 Å². The normalized spacial score (nSPS) is 26.4. The van der Waals surface area contributed by atoms with E-state index in [-0.39, 0.29) is 18.1 Å². The molecule has 0 aromatic carbocycles. The number of carbonyl (C=O) groups is 2. The molecule has 1 saturated carbocycles. The Morgan fingerprint density at radius 2 is 2.00 bits per heavy atom. The monoisotopic (exact) mass is 274 g/mol. The van der Waals surface area contributed by atoms with E-state index in [1.807, 2.05) is 0 Å². The second-order valence-corrected chi connectivity index (χ2v) is 5.92. The highest BCUT2D eigenvalue weighted by Gasteiger charge is 2.28. The van der Waals surface area contributed by atoms with Crippen molar-refractivity contribution in [3.8, 4) is 0 Å². The molecule has 0 bridgehead atoms. The fourth-order valence-corrected chi connectivity index (χ4v) is 3.06. The van der Waals surface area contributed by atoms with Gasteiger partial charge in [-0.15, -0.1) is 0 Å². The minimum Gasteiger partial charge on any atom is -0.481 e. The summed E-state index contributed by atoms with van der Waals surface area (Å²) in [6.45, 7) is 3.30. The van der Waals surface area contributed by atoms with Crippen molar-refractivity contribution in [3.63, 3.8) is 0 Å². The third kappa shape index (κ3) is 4.08. The Hall–Kier alpha value is -0.910. The smallest absolute Gasteiger partial charge is 0.315 e. The number of amides is 2. The molecule has 18 heavy (non-hydrogen) atoms. The van der Waals surface area contributed by atoms with Crippen LogP contribution in [-0.2, 0) is 4.79 Å². The molecule has 0 heterocycles. The van der Waals surface area contributed by atoms with Gasteiger partial charge in [-0.25, -0.2) is 4.79 Å². The molecule has 4 unspecified atom stereocenters. The maximum atomic E-state index is 11.8. The minimum atomic E-state index is -0.898. The Balaban J connectivity index is 2.39. The molecule has 5 nitrogen and oxygen atoms in total. The standard InChI is InChI=1S/C12H22N2O3S/c1-7(11(15)16)8(2)13-12(17)14-9-5-4-6-10(9)18-3/h7-10H,4-6H2,1-3H3,(H,15,16)(H2,13,14,17). The van der Waals surface area contributed by atoms with Gasteiger partial charge in [0.15, 0.2) is 0 Å². The first kappa shape index (κ1) is 15.1. The molecule has 0 aromatic rings. The molecule has 6 heteroatoms. The first-order valence-electron chi connectivity index (χ1n) is 6.28. The fraction of sp³-hybridized carbons (Fsp3) is 0.833. The van der Waals surface area contributed by atoms with Crippen molar-refractivity contribution in [1.29, 1.82) is 0 Å². The van der Waals surface area contributed by atoms with Gasteiger partial charge in [0.2, 0.25) is 0 Å². The average molecular weight is 274 g/mol. The number of thioether (sulfide) groups is 1.